The molecular formula is C10H8F2N2O3. The highest BCUT2D eigenvalue weighted by molar-refractivity contribution is 5.94. The van der Waals surface area contributed by atoms with Gasteiger partial charge in [-0.25, -0.2) is 18.6 Å². The van der Waals surface area contributed by atoms with Gasteiger partial charge >= 0.3 is 5.97 Å². The molecule has 5 nitrogen and oxygen atoms in total. The van der Waals surface area contributed by atoms with Crippen molar-refractivity contribution in [1.82, 2.24) is 4.98 Å². The van der Waals surface area contributed by atoms with Crippen LogP contribution in [0.3, 0.4) is 0 Å². The second-order valence-electron chi connectivity index (χ2n) is 2.88. The predicted octanol–water partition coefficient (Wildman–Crippen LogP) is 1.69. The lowest BCUT2D eigenvalue weighted by Gasteiger charge is -2.10. The van der Waals surface area contributed by atoms with Gasteiger partial charge in [-0.2, -0.15) is 5.26 Å². The Kier molecular flexibility index (Phi) is 3.93. The molecule has 90 valence electrons. The predicted molar refractivity (Wildman–Crippen MR) is 51.8 cm³/mol. The van der Waals surface area contributed by atoms with Crippen molar-refractivity contribution < 1.29 is 23.0 Å². The van der Waals surface area contributed by atoms with Crippen LogP contribution in [-0.2, 0) is 4.74 Å². The van der Waals surface area contributed by atoms with Crippen LogP contribution >= 0.6 is 0 Å². The number of carbonyl (C=O) groups is 1. The number of aromatic nitrogens is 1. The molecule has 0 amide bonds. The summed E-state index contributed by atoms with van der Waals surface area (Å²) in [5.41, 5.74) is -1.54. The van der Waals surface area contributed by atoms with Gasteiger partial charge in [-0.15, -0.1) is 0 Å². The van der Waals surface area contributed by atoms with Gasteiger partial charge in [0.2, 0.25) is 5.88 Å². The first-order valence-electron chi connectivity index (χ1n) is 4.40. The van der Waals surface area contributed by atoms with E-state index in [4.69, 9.17) is 10.00 Å². The van der Waals surface area contributed by atoms with Crippen LogP contribution in [-0.4, -0.2) is 25.2 Å². The molecule has 0 aromatic carbocycles. The number of carbonyl (C=O) groups excluding carboxylic acids is 1. The summed E-state index contributed by atoms with van der Waals surface area (Å²) in [6.45, 7) is 0. The molecule has 0 saturated heterocycles. The normalized spacial score (nSPS) is 9.88. The fourth-order valence-corrected chi connectivity index (χ4v) is 1.25. The van der Waals surface area contributed by atoms with Crippen molar-refractivity contribution in [2.75, 3.05) is 14.2 Å². The molecule has 0 spiro atoms. The number of hydrogen-bond acceptors (Lipinski definition) is 5. The molecule has 1 aromatic heterocycles. The number of halogens is 2. The second-order valence-corrected chi connectivity index (χ2v) is 2.88. The Hall–Kier alpha value is -2.23. The molecule has 0 atom stereocenters. The number of esters is 1. The lowest BCUT2D eigenvalue weighted by atomic mass is 10.1. The van der Waals surface area contributed by atoms with E-state index in [1.165, 1.54) is 7.11 Å². The molecule has 0 aliphatic heterocycles. The van der Waals surface area contributed by atoms with E-state index in [9.17, 15) is 13.6 Å². The Morgan fingerprint density at radius 1 is 1.53 bits per heavy atom. The topological polar surface area (TPSA) is 72.2 Å². The Bertz CT molecular complexity index is 483. The van der Waals surface area contributed by atoms with Gasteiger partial charge in [0.25, 0.3) is 6.43 Å². The molecule has 0 fully saturated rings. The molecule has 0 aliphatic rings. The SMILES string of the molecule is COC(=O)c1c(C(F)F)cnc(OC)c1C#N. The first-order valence-corrected chi connectivity index (χ1v) is 4.40. The lowest BCUT2D eigenvalue weighted by molar-refractivity contribution is 0.0588. The van der Waals surface area contributed by atoms with Gasteiger partial charge in [0.05, 0.1) is 25.3 Å². The molecule has 1 rings (SSSR count). The summed E-state index contributed by atoms with van der Waals surface area (Å²) in [5, 5.41) is 8.86. The molecule has 17 heavy (non-hydrogen) atoms. The number of nitriles is 1. The highest BCUT2D eigenvalue weighted by Crippen LogP contribution is 2.29. The van der Waals surface area contributed by atoms with Crippen LogP contribution in [0.15, 0.2) is 6.20 Å². The Labute approximate surface area is 95.6 Å². The maximum absolute atomic E-state index is 12.7. The second kappa shape index (κ2) is 5.21. The van der Waals surface area contributed by atoms with Crippen LogP contribution in [0, 0.1) is 11.3 Å². The molecule has 1 aromatic rings. The highest BCUT2D eigenvalue weighted by Gasteiger charge is 2.26. The van der Waals surface area contributed by atoms with E-state index in [1.807, 2.05) is 0 Å². The summed E-state index contributed by atoms with van der Waals surface area (Å²) in [4.78, 5) is 14.9. The third-order valence-corrected chi connectivity index (χ3v) is 2.00. The molecule has 0 unspecified atom stereocenters. The minimum absolute atomic E-state index is 0.197. The fraction of sp³-hybridized carbons (Fsp3) is 0.300. The molecule has 0 aliphatic carbocycles. The van der Waals surface area contributed by atoms with Crippen LogP contribution in [0.25, 0.3) is 0 Å². The van der Waals surface area contributed by atoms with Crippen molar-refractivity contribution in [2.45, 2.75) is 6.43 Å². The van der Waals surface area contributed by atoms with Crippen LogP contribution in [0.4, 0.5) is 8.78 Å². The smallest absolute Gasteiger partial charge is 0.339 e. The largest absolute Gasteiger partial charge is 0.480 e. The van der Waals surface area contributed by atoms with Gasteiger partial charge in [0.1, 0.15) is 11.6 Å². The first-order chi connectivity index (χ1) is 8.06. The van der Waals surface area contributed by atoms with Crippen LogP contribution in [0.2, 0.25) is 0 Å². The standard InChI is InChI=1S/C10H8F2N2O3/c1-16-9-5(3-13)7(10(15)17-2)6(4-14-9)8(11)12/h4,8H,1-2H3. The van der Waals surface area contributed by atoms with E-state index in [0.29, 0.717) is 0 Å². The van der Waals surface area contributed by atoms with Gasteiger partial charge in [0, 0.05) is 6.20 Å². The van der Waals surface area contributed by atoms with Crippen LogP contribution in [0.1, 0.15) is 27.9 Å². The van der Waals surface area contributed by atoms with Gasteiger partial charge in [0.15, 0.2) is 0 Å². The third kappa shape index (κ3) is 2.30. The molecule has 0 N–H and O–H groups in total. The van der Waals surface area contributed by atoms with Crippen molar-refractivity contribution in [3.05, 3.63) is 22.9 Å². The summed E-state index contributed by atoms with van der Waals surface area (Å²) in [5.74, 6) is -1.23. The van der Waals surface area contributed by atoms with Gasteiger partial charge in [-0.3, -0.25) is 0 Å². The number of rotatable bonds is 3. The van der Waals surface area contributed by atoms with Crippen molar-refractivity contribution in [2.24, 2.45) is 0 Å². The number of alkyl halides is 2. The van der Waals surface area contributed by atoms with Crippen molar-refractivity contribution in [3.8, 4) is 11.9 Å². The molecular weight excluding hydrogens is 234 g/mol. The van der Waals surface area contributed by atoms with Crippen LogP contribution < -0.4 is 4.74 Å². The fourth-order valence-electron chi connectivity index (χ4n) is 1.25. The molecule has 1 heterocycles. The van der Waals surface area contributed by atoms with Crippen molar-refractivity contribution in [3.63, 3.8) is 0 Å². The average molecular weight is 242 g/mol. The van der Waals surface area contributed by atoms with Gasteiger partial charge in [-0.05, 0) is 0 Å². The number of ether oxygens (including phenoxy) is 2. The van der Waals surface area contributed by atoms with E-state index in [0.717, 1.165) is 13.3 Å². The number of nitrogens with zero attached hydrogens (tertiary/aromatic N) is 2. The summed E-state index contributed by atoms with van der Waals surface area (Å²) < 4.78 is 34.4. The Morgan fingerprint density at radius 3 is 2.59 bits per heavy atom. The van der Waals surface area contributed by atoms with E-state index < -0.39 is 23.5 Å². The number of methoxy groups -OCH3 is 2. The lowest BCUT2D eigenvalue weighted by Crippen LogP contribution is -2.11. The van der Waals surface area contributed by atoms with E-state index in [2.05, 4.69) is 9.72 Å². The summed E-state index contributed by atoms with van der Waals surface area (Å²) in [6, 6.07) is 1.60. The van der Waals surface area contributed by atoms with Gasteiger partial charge in [-0.1, -0.05) is 0 Å². The highest BCUT2D eigenvalue weighted by atomic mass is 19.3. The summed E-state index contributed by atoms with van der Waals surface area (Å²) in [7, 11) is 2.25. The minimum atomic E-state index is -2.94. The third-order valence-electron chi connectivity index (χ3n) is 2.00. The molecule has 0 saturated carbocycles. The molecule has 0 bridgehead atoms. The molecule has 7 heteroatoms. The molecule has 0 radical (unpaired) electrons. The van der Waals surface area contributed by atoms with Crippen molar-refractivity contribution in [1.29, 1.82) is 5.26 Å². The zero-order valence-corrected chi connectivity index (χ0v) is 9.03. The Balaban J connectivity index is 3.57. The number of hydrogen-bond donors (Lipinski definition) is 0. The zero-order valence-electron chi connectivity index (χ0n) is 9.03. The zero-order chi connectivity index (χ0) is 13.0. The maximum atomic E-state index is 12.7. The summed E-state index contributed by atoms with van der Waals surface area (Å²) >= 11 is 0. The van der Waals surface area contributed by atoms with Crippen LogP contribution in [0.5, 0.6) is 5.88 Å². The first kappa shape index (κ1) is 12.8. The van der Waals surface area contributed by atoms with E-state index >= 15 is 0 Å². The summed E-state index contributed by atoms with van der Waals surface area (Å²) in [6.07, 6.45) is -2.15. The van der Waals surface area contributed by atoms with E-state index in [-0.39, 0.29) is 11.4 Å². The van der Waals surface area contributed by atoms with Gasteiger partial charge < -0.3 is 9.47 Å². The Morgan fingerprint density at radius 2 is 2.18 bits per heavy atom. The van der Waals surface area contributed by atoms with E-state index in [1.54, 1.807) is 6.07 Å². The maximum Gasteiger partial charge on any atom is 0.339 e. The van der Waals surface area contributed by atoms with Crippen molar-refractivity contribution >= 4 is 5.97 Å². The average Bonchev–Trinajstić information content (AvgIpc) is 2.35. The quantitative estimate of drug-likeness (QED) is 0.754. The monoisotopic (exact) mass is 242 g/mol. The number of pyridine rings is 1. The minimum Gasteiger partial charge on any atom is -0.480 e.